The molecule has 1 N–H and O–H groups in total. The minimum atomic E-state index is -3.51. The van der Waals surface area contributed by atoms with Crippen LogP contribution in [0.1, 0.15) is 18.9 Å². The van der Waals surface area contributed by atoms with Gasteiger partial charge < -0.3 is 0 Å². The highest BCUT2D eigenvalue weighted by molar-refractivity contribution is 9.10. The van der Waals surface area contributed by atoms with Gasteiger partial charge in [0.25, 0.3) is 0 Å². The second-order valence-electron chi connectivity index (χ2n) is 3.84. The van der Waals surface area contributed by atoms with Gasteiger partial charge in [0, 0.05) is 16.9 Å². The van der Waals surface area contributed by atoms with E-state index in [2.05, 4.69) is 26.6 Å². The third-order valence-corrected chi connectivity index (χ3v) is 4.44. The number of nitrogens with one attached hydrogen (secondary N) is 1. The van der Waals surface area contributed by atoms with Crippen molar-refractivity contribution < 1.29 is 8.42 Å². The Morgan fingerprint density at radius 3 is 2.76 bits per heavy atom. The summed E-state index contributed by atoms with van der Waals surface area (Å²) >= 11 is 3.26. The highest BCUT2D eigenvalue weighted by Gasteiger charge is 2.19. The van der Waals surface area contributed by atoms with Crippen molar-refractivity contribution in [3.63, 3.8) is 0 Å². The Morgan fingerprint density at radius 2 is 2.18 bits per heavy atom. The molecule has 0 aliphatic heterocycles. The lowest BCUT2D eigenvalue weighted by atomic mass is 10.2. The minimum absolute atomic E-state index is 0.274. The number of rotatable bonds is 4. The number of hydrogen-bond donors (Lipinski definition) is 1. The van der Waals surface area contributed by atoms with E-state index in [0.717, 1.165) is 4.47 Å². The SMILES string of the molecule is C#CCC(C)NS(=O)(=O)c1cc(Br)ccc1C. The first-order valence-corrected chi connectivity index (χ1v) is 7.36. The predicted octanol–water partition coefficient (Wildman–Crippen LogP) is 2.45. The summed E-state index contributed by atoms with van der Waals surface area (Å²) in [5.74, 6) is 2.43. The lowest BCUT2D eigenvalue weighted by Crippen LogP contribution is -2.32. The van der Waals surface area contributed by atoms with Crippen LogP contribution in [0.4, 0.5) is 0 Å². The fourth-order valence-electron chi connectivity index (χ4n) is 1.41. The molecule has 3 nitrogen and oxygen atoms in total. The monoisotopic (exact) mass is 315 g/mol. The molecule has 1 unspecified atom stereocenters. The van der Waals surface area contributed by atoms with Gasteiger partial charge in [-0.1, -0.05) is 22.0 Å². The van der Waals surface area contributed by atoms with Crippen LogP contribution < -0.4 is 4.72 Å². The average Bonchev–Trinajstić information content (AvgIpc) is 2.21. The second kappa shape index (κ2) is 5.67. The van der Waals surface area contributed by atoms with Gasteiger partial charge in [0.05, 0.1) is 4.90 Å². The summed E-state index contributed by atoms with van der Waals surface area (Å²) in [6.07, 6.45) is 5.52. The Hall–Kier alpha value is -0.830. The number of sulfonamides is 1. The zero-order valence-corrected chi connectivity index (χ0v) is 12.1. The molecule has 1 atom stereocenters. The Balaban J connectivity index is 3.06. The normalized spacial score (nSPS) is 13.1. The van der Waals surface area contributed by atoms with Gasteiger partial charge >= 0.3 is 0 Å². The van der Waals surface area contributed by atoms with E-state index in [1.807, 2.05) is 0 Å². The molecule has 0 bridgehead atoms. The Morgan fingerprint density at radius 1 is 1.53 bits per heavy atom. The molecule has 0 aliphatic carbocycles. The van der Waals surface area contributed by atoms with Gasteiger partial charge in [-0.2, -0.15) is 0 Å². The molecule has 1 aromatic carbocycles. The van der Waals surface area contributed by atoms with Gasteiger partial charge in [0.2, 0.25) is 10.0 Å². The van der Waals surface area contributed by atoms with Gasteiger partial charge in [-0.05, 0) is 31.5 Å². The van der Waals surface area contributed by atoms with E-state index in [9.17, 15) is 8.42 Å². The number of terminal acetylenes is 1. The van der Waals surface area contributed by atoms with Crippen molar-refractivity contribution in [3.8, 4) is 12.3 Å². The van der Waals surface area contributed by atoms with Gasteiger partial charge in [-0.25, -0.2) is 13.1 Å². The number of hydrogen-bond acceptors (Lipinski definition) is 2. The maximum absolute atomic E-state index is 12.1. The van der Waals surface area contributed by atoms with Crippen molar-refractivity contribution in [2.24, 2.45) is 0 Å². The Labute approximate surface area is 111 Å². The van der Waals surface area contributed by atoms with Crippen molar-refractivity contribution in [1.82, 2.24) is 4.72 Å². The molecule has 0 radical (unpaired) electrons. The largest absolute Gasteiger partial charge is 0.241 e. The third-order valence-electron chi connectivity index (χ3n) is 2.22. The van der Waals surface area contributed by atoms with Crippen LogP contribution in [0.5, 0.6) is 0 Å². The first-order chi connectivity index (χ1) is 7.86. The number of aryl methyl sites for hydroxylation is 1. The van der Waals surface area contributed by atoms with Crippen molar-refractivity contribution >= 4 is 26.0 Å². The fourth-order valence-corrected chi connectivity index (χ4v) is 3.44. The maximum atomic E-state index is 12.1. The lowest BCUT2D eigenvalue weighted by Gasteiger charge is -2.13. The summed E-state index contributed by atoms with van der Waals surface area (Å²) in [6.45, 7) is 3.50. The zero-order valence-electron chi connectivity index (χ0n) is 9.70. The van der Waals surface area contributed by atoms with E-state index in [4.69, 9.17) is 6.42 Å². The molecule has 17 heavy (non-hydrogen) atoms. The van der Waals surface area contributed by atoms with E-state index in [1.54, 1.807) is 32.0 Å². The molecule has 0 spiro atoms. The van der Waals surface area contributed by atoms with Crippen molar-refractivity contribution in [3.05, 3.63) is 28.2 Å². The van der Waals surface area contributed by atoms with Gasteiger partial charge in [0.1, 0.15) is 0 Å². The molecule has 0 aromatic heterocycles. The van der Waals surface area contributed by atoms with E-state index in [1.165, 1.54) is 0 Å². The molecule has 1 rings (SSSR count). The molecular formula is C12H14BrNO2S. The molecule has 0 heterocycles. The van der Waals surface area contributed by atoms with Crippen LogP contribution in [0, 0.1) is 19.3 Å². The van der Waals surface area contributed by atoms with E-state index in [-0.39, 0.29) is 10.9 Å². The summed E-state index contributed by atoms with van der Waals surface area (Å²) < 4.78 is 27.5. The molecule has 0 saturated heterocycles. The zero-order chi connectivity index (χ0) is 13.1. The highest BCUT2D eigenvalue weighted by Crippen LogP contribution is 2.20. The van der Waals surface area contributed by atoms with Crippen LogP contribution in [-0.4, -0.2) is 14.5 Å². The standard InChI is InChI=1S/C12H14BrNO2S/c1-4-5-10(3)14-17(15,16)12-8-11(13)7-6-9(12)2/h1,6-8,10,14H,5H2,2-3H3. The van der Waals surface area contributed by atoms with Crippen molar-refractivity contribution in [2.75, 3.05) is 0 Å². The summed E-state index contributed by atoms with van der Waals surface area (Å²) in [5.41, 5.74) is 0.702. The molecule has 0 aliphatic rings. The van der Waals surface area contributed by atoms with Crippen molar-refractivity contribution in [1.29, 1.82) is 0 Å². The smallest absolute Gasteiger partial charge is 0.207 e. The van der Waals surface area contributed by atoms with Crippen LogP contribution in [-0.2, 0) is 10.0 Å². The number of benzene rings is 1. The van der Waals surface area contributed by atoms with Gasteiger partial charge in [-0.3, -0.25) is 0 Å². The van der Waals surface area contributed by atoms with E-state index < -0.39 is 10.0 Å². The summed E-state index contributed by atoms with van der Waals surface area (Å²) in [5, 5.41) is 0. The van der Waals surface area contributed by atoms with Crippen LogP contribution in [0.2, 0.25) is 0 Å². The van der Waals surface area contributed by atoms with Crippen LogP contribution in [0.3, 0.4) is 0 Å². The first kappa shape index (κ1) is 14.2. The summed E-state index contributed by atoms with van der Waals surface area (Å²) in [4.78, 5) is 0.274. The van der Waals surface area contributed by atoms with Crippen LogP contribution in [0.25, 0.3) is 0 Å². The highest BCUT2D eigenvalue weighted by atomic mass is 79.9. The average molecular weight is 316 g/mol. The number of halogens is 1. The lowest BCUT2D eigenvalue weighted by molar-refractivity contribution is 0.563. The van der Waals surface area contributed by atoms with Gasteiger partial charge in [0.15, 0.2) is 0 Å². The van der Waals surface area contributed by atoms with Gasteiger partial charge in [-0.15, -0.1) is 12.3 Å². The molecule has 5 heteroatoms. The van der Waals surface area contributed by atoms with E-state index in [0.29, 0.717) is 12.0 Å². The molecule has 0 saturated carbocycles. The third kappa shape index (κ3) is 3.84. The Bertz CT molecular complexity index is 546. The van der Waals surface area contributed by atoms with Crippen LogP contribution in [0.15, 0.2) is 27.6 Å². The summed E-state index contributed by atoms with van der Waals surface area (Å²) in [7, 11) is -3.51. The second-order valence-corrected chi connectivity index (χ2v) is 6.44. The predicted molar refractivity (Wildman–Crippen MR) is 72.1 cm³/mol. The van der Waals surface area contributed by atoms with E-state index >= 15 is 0 Å². The molecule has 1 aromatic rings. The van der Waals surface area contributed by atoms with Crippen LogP contribution >= 0.6 is 15.9 Å². The fraction of sp³-hybridized carbons (Fsp3) is 0.333. The Kier molecular flexibility index (Phi) is 4.75. The quantitative estimate of drug-likeness (QED) is 0.867. The first-order valence-electron chi connectivity index (χ1n) is 5.09. The summed E-state index contributed by atoms with van der Waals surface area (Å²) in [6, 6.07) is 4.87. The minimum Gasteiger partial charge on any atom is -0.207 e. The van der Waals surface area contributed by atoms with Crippen molar-refractivity contribution in [2.45, 2.75) is 31.2 Å². The molecule has 92 valence electrons. The molecule has 0 amide bonds. The maximum Gasteiger partial charge on any atom is 0.241 e. The topological polar surface area (TPSA) is 46.2 Å². The molecular weight excluding hydrogens is 302 g/mol. The molecule has 0 fully saturated rings.